The van der Waals surface area contributed by atoms with Crippen molar-refractivity contribution in [3.05, 3.63) is 41.5 Å². The summed E-state index contributed by atoms with van der Waals surface area (Å²) < 4.78 is 4.86. The molecule has 7 nitrogen and oxygen atoms in total. The van der Waals surface area contributed by atoms with Crippen LogP contribution in [0, 0.1) is 6.92 Å². The van der Waals surface area contributed by atoms with Crippen LogP contribution >= 0.6 is 11.8 Å². The van der Waals surface area contributed by atoms with Gasteiger partial charge >= 0.3 is 0 Å². The van der Waals surface area contributed by atoms with Crippen molar-refractivity contribution in [3.63, 3.8) is 0 Å². The predicted octanol–water partition coefficient (Wildman–Crippen LogP) is 1.95. The molecule has 0 aliphatic heterocycles. The van der Waals surface area contributed by atoms with Crippen molar-refractivity contribution in [2.24, 2.45) is 0 Å². The SMILES string of the molecule is Cc1nc(CSCC(=O)Nc2cccc(C(=O)N(C)C)c2)no1. The van der Waals surface area contributed by atoms with E-state index in [4.69, 9.17) is 4.52 Å². The predicted molar refractivity (Wildman–Crippen MR) is 88.3 cm³/mol. The summed E-state index contributed by atoms with van der Waals surface area (Å²) in [7, 11) is 3.37. The highest BCUT2D eigenvalue weighted by atomic mass is 32.2. The van der Waals surface area contributed by atoms with Crippen molar-refractivity contribution in [1.82, 2.24) is 15.0 Å². The normalized spacial score (nSPS) is 10.4. The first-order valence-corrected chi connectivity index (χ1v) is 8.09. The van der Waals surface area contributed by atoms with Crippen molar-refractivity contribution in [1.29, 1.82) is 0 Å². The van der Waals surface area contributed by atoms with Crippen molar-refractivity contribution in [2.75, 3.05) is 25.2 Å². The Labute approximate surface area is 138 Å². The molecule has 0 atom stereocenters. The van der Waals surface area contributed by atoms with E-state index in [-0.39, 0.29) is 17.6 Å². The maximum atomic E-state index is 11.9. The van der Waals surface area contributed by atoms with Gasteiger partial charge in [-0.05, 0) is 18.2 Å². The van der Waals surface area contributed by atoms with Crippen LogP contribution in [0.25, 0.3) is 0 Å². The molecule has 1 N–H and O–H groups in total. The number of rotatable bonds is 6. The number of benzene rings is 1. The molecule has 2 amide bonds. The second kappa shape index (κ2) is 7.77. The maximum Gasteiger partial charge on any atom is 0.253 e. The number of hydrogen-bond donors (Lipinski definition) is 1. The van der Waals surface area contributed by atoms with E-state index in [0.717, 1.165) is 0 Å². The van der Waals surface area contributed by atoms with Gasteiger partial charge in [0.25, 0.3) is 5.91 Å². The van der Waals surface area contributed by atoms with Crippen LogP contribution in [-0.4, -0.2) is 46.7 Å². The van der Waals surface area contributed by atoms with Crippen LogP contribution in [0.15, 0.2) is 28.8 Å². The van der Waals surface area contributed by atoms with Crippen LogP contribution in [0.1, 0.15) is 22.1 Å². The summed E-state index contributed by atoms with van der Waals surface area (Å²) in [5, 5.41) is 6.54. The lowest BCUT2D eigenvalue weighted by Crippen LogP contribution is -2.22. The third-order valence-corrected chi connectivity index (χ3v) is 3.76. The molecule has 0 bridgehead atoms. The summed E-state index contributed by atoms with van der Waals surface area (Å²) in [5.41, 5.74) is 1.13. The number of carbonyl (C=O) groups is 2. The molecule has 0 radical (unpaired) electrons. The minimum atomic E-state index is -0.148. The number of amides is 2. The summed E-state index contributed by atoms with van der Waals surface area (Å²) in [6.45, 7) is 1.72. The van der Waals surface area contributed by atoms with Gasteiger partial charge in [-0.15, -0.1) is 11.8 Å². The highest BCUT2D eigenvalue weighted by Gasteiger charge is 2.10. The lowest BCUT2D eigenvalue weighted by molar-refractivity contribution is -0.113. The molecule has 0 aliphatic carbocycles. The Hall–Kier alpha value is -2.35. The molecule has 0 saturated carbocycles. The average molecular weight is 334 g/mol. The fourth-order valence-corrected chi connectivity index (χ4v) is 2.48. The molecule has 122 valence electrons. The molecule has 23 heavy (non-hydrogen) atoms. The van der Waals surface area contributed by atoms with Crippen LogP contribution in [0.4, 0.5) is 5.69 Å². The van der Waals surface area contributed by atoms with Crippen molar-refractivity contribution in [2.45, 2.75) is 12.7 Å². The molecule has 1 aromatic heterocycles. The van der Waals surface area contributed by atoms with Crippen LogP contribution in [0.2, 0.25) is 0 Å². The Morgan fingerprint density at radius 2 is 2.13 bits per heavy atom. The number of nitrogens with zero attached hydrogens (tertiary/aromatic N) is 3. The van der Waals surface area contributed by atoms with Crippen LogP contribution in [0.5, 0.6) is 0 Å². The standard InChI is InChI=1S/C15H18N4O3S/c1-10-16-13(18-22-10)8-23-9-14(20)17-12-6-4-5-11(7-12)15(21)19(2)3/h4-7H,8-9H2,1-3H3,(H,17,20). The van der Waals surface area contributed by atoms with E-state index in [1.54, 1.807) is 45.3 Å². The molecule has 0 spiro atoms. The van der Waals surface area contributed by atoms with E-state index in [2.05, 4.69) is 15.5 Å². The van der Waals surface area contributed by atoms with Crippen LogP contribution in [-0.2, 0) is 10.5 Å². The van der Waals surface area contributed by atoms with Gasteiger partial charge in [-0.3, -0.25) is 9.59 Å². The Morgan fingerprint density at radius 1 is 1.35 bits per heavy atom. The van der Waals surface area contributed by atoms with Gasteiger partial charge in [-0.1, -0.05) is 11.2 Å². The molecule has 0 saturated heterocycles. The molecule has 0 fully saturated rings. The molecular formula is C15H18N4O3S. The summed E-state index contributed by atoms with van der Waals surface area (Å²) in [6.07, 6.45) is 0. The Kier molecular flexibility index (Phi) is 5.75. The first-order chi connectivity index (χ1) is 11.0. The zero-order valence-electron chi connectivity index (χ0n) is 13.2. The lowest BCUT2D eigenvalue weighted by atomic mass is 10.2. The monoisotopic (exact) mass is 334 g/mol. The van der Waals surface area contributed by atoms with Gasteiger partial charge in [0.15, 0.2) is 5.82 Å². The molecule has 1 aromatic carbocycles. The number of thioether (sulfide) groups is 1. The van der Waals surface area contributed by atoms with Crippen molar-refractivity contribution < 1.29 is 14.1 Å². The quantitative estimate of drug-likeness (QED) is 0.868. The van der Waals surface area contributed by atoms with E-state index in [0.29, 0.717) is 28.7 Å². The lowest BCUT2D eigenvalue weighted by Gasteiger charge is -2.11. The third-order valence-electron chi connectivity index (χ3n) is 2.83. The van der Waals surface area contributed by atoms with Gasteiger partial charge in [0.05, 0.1) is 11.5 Å². The van der Waals surface area contributed by atoms with Gasteiger partial charge in [0.1, 0.15) is 0 Å². The average Bonchev–Trinajstić information content (AvgIpc) is 2.92. The first kappa shape index (κ1) is 17.0. The maximum absolute atomic E-state index is 11.9. The number of carbonyl (C=O) groups excluding carboxylic acids is 2. The number of hydrogen-bond acceptors (Lipinski definition) is 6. The van der Waals surface area contributed by atoms with Gasteiger partial charge < -0.3 is 14.7 Å². The van der Waals surface area contributed by atoms with Crippen molar-refractivity contribution >= 4 is 29.3 Å². The topological polar surface area (TPSA) is 88.3 Å². The Bertz CT molecular complexity index is 700. The molecule has 8 heteroatoms. The Balaban J connectivity index is 1.85. The molecular weight excluding hydrogens is 316 g/mol. The molecule has 2 aromatic rings. The molecule has 1 heterocycles. The number of aromatic nitrogens is 2. The zero-order valence-corrected chi connectivity index (χ0v) is 14.0. The first-order valence-electron chi connectivity index (χ1n) is 6.94. The van der Waals surface area contributed by atoms with Gasteiger partial charge in [-0.2, -0.15) is 4.98 Å². The fourth-order valence-electron chi connectivity index (χ4n) is 1.82. The fraction of sp³-hybridized carbons (Fsp3) is 0.333. The van der Waals surface area contributed by atoms with E-state index in [1.165, 1.54) is 16.7 Å². The number of anilines is 1. The van der Waals surface area contributed by atoms with Gasteiger partial charge in [0.2, 0.25) is 11.8 Å². The number of aryl methyl sites for hydroxylation is 1. The highest BCUT2D eigenvalue weighted by Crippen LogP contribution is 2.14. The largest absolute Gasteiger partial charge is 0.345 e. The summed E-state index contributed by atoms with van der Waals surface area (Å²) in [6, 6.07) is 6.86. The minimum Gasteiger partial charge on any atom is -0.345 e. The number of nitrogens with one attached hydrogen (secondary N) is 1. The summed E-state index contributed by atoms with van der Waals surface area (Å²) in [5.74, 6) is 1.59. The molecule has 0 aliphatic rings. The second-order valence-electron chi connectivity index (χ2n) is 5.05. The van der Waals surface area contributed by atoms with E-state index in [1.807, 2.05) is 0 Å². The highest BCUT2D eigenvalue weighted by molar-refractivity contribution is 7.99. The van der Waals surface area contributed by atoms with Gasteiger partial charge in [0, 0.05) is 32.3 Å². The molecule has 0 unspecified atom stereocenters. The smallest absolute Gasteiger partial charge is 0.253 e. The van der Waals surface area contributed by atoms with E-state index in [9.17, 15) is 9.59 Å². The Morgan fingerprint density at radius 3 is 2.78 bits per heavy atom. The second-order valence-corrected chi connectivity index (χ2v) is 6.04. The van der Waals surface area contributed by atoms with Crippen molar-refractivity contribution in [3.8, 4) is 0 Å². The molecule has 2 rings (SSSR count). The van der Waals surface area contributed by atoms with E-state index >= 15 is 0 Å². The van der Waals surface area contributed by atoms with E-state index < -0.39 is 0 Å². The van der Waals surface area contributed by atoms with Crippen LogP contribution in [0.3, 0.4) is 0 Å². The zero-order chi connectivity index (χ0) is 16.8. The van der Waals surface area contributed by atoms with Gasteiger partial charge in [-0.25, -0.2) is 0 Å². The summed E-state index contributed by atoms with van der Waals surface area (Å²) in [4.78, 5) is 29.4. The van der Waals surface area contributed by atoms with Crippen LogP contribution < -0.4 is 5.32 Å². The summed E-state index contributed by atoms with van der Waals surface area (Å²) >= 11 is 1.39. The minimum absolute atomic E-state index is 0.108. The third kappa shape index (κ3) is 5.10.